The lowest BCUT2D eigenvalue weighted by Gasteiger charge is -2.37. The second kappa shape index (κ2) is 6.34. The molecule has 1 aliphatic rings. The molecule has 3 aromatic rings. The monoisotopic (exact) mass is 332 g/mol. The Morgan fingerprint density at radius 1 is 1.04 bits per heavy atom. The third-order valence-corrected chi connectivity index (χ3v) is 6.05. The van der Waals surface area contributed by atoms with Crippen LogP contribution in [0.3, 0.4) is 0 Å². The van der Waals surface area contributed by atoms with Gasteiger partial charge in [0.1, 0.15) is 0 Å². The second-order valence-corrected chi connectivity index (χ2v) is 7.66. The Hall–Kier alpha value is -2.06. The molecule has 130 valence electrons. The minimum absolute atomic E-state index is 0.473. The van der Waals surface area contributed by atoms with Gasteiger partial charge in [-0.2, -0.15) is 0 Å². The number of hydrogen-bond donors (Lipinski definition) is 0. The van der Waals surface area contributed by atoms with Gasteiger partial charge in [0.15, 0.2) is 0 Å². The molecule has 1 aromatic heterocycles. The second-order valence-electron chi connectivity index (χ2n) is 7.66. The van der Waals surface area contributed by atoms with Gasteiger partial charge in [0, 0.05) is 41.6 Å². The fourth-order valence-corrected chi connectivity index (χ4v) is 4.38. The third kappa shape index (κ3) is 2.79. The summed E-state index contributed by atoms with van der Waals surface area (Å²) in [6.07, 6.45) is 2.22. The van der Waals surface area contributed by atoms with E-state index in [0.717, 1.165) is 19.4 Å². The molecule has 0 fully saturated rings. The normalized spacial score (nSPS) is 20.8. The lowest BCUT2D eigenvalue weighted by atomic mass is 9.93. The highest BCUT2D eigenvalue weighted by molar-refractivity contribution is 5.87. The Kier molecular flexibility index (Phi) is 4.16. The first-order valence-electron chi connectivity index (χ1n) is 9.43. The summed E-state index contributed by atoms with van der Waals surface area (Å²) in [7, 11) is 2.27. The zero-order chi connectivity index (χ0) is 17.6. The number of nitrogens with zero attached hydrogens (tertiary/aromatic N) is 2. The highest BCUT2D eigenvalue weighted by Gasteiger charge is 2.31. The largest absolute Gasteiger partial charge is 0.344 e. The summed E-state index contributed by atoms with van der Waals surface area (Å²) in [5.74, 6) is 0. The quantitative estimate of drug-likeness (QED) is 0.645. The first-order chi connectivity index (χ1) is 12.1. The average Bonchev–Trinajstić information content (AvgIpc) is 2.91. The molecule has 0 saturated heterocycles. The molecule has 1 aliphatic heterocycles. The van der Waals surface area contributed by atoms with Gasteiger partial charge >= 0.3 is 0 Å². The van der Waals surface area contributed by atoms with E-state index >= 15 is 0 Å². The summed E-state index contributed by atoms with van der Waals surface area (Å²) in [5, 5.41) is 1.45. The van der Waals surface area contributed by atoms with Crippen molar-refractivity contribution in [2.24, 2.45) is 0 Å². The maximum Gasteiger partial charge on any atom is 0.0486 e. The maximum atomic E-state index is 2.59. The number of rotatable bonds is 3. The lowest BCUT2D eigenvalue weighted by Crippen LogP contribution is -2.38. The Balaban J connectivity index is 1.82. The molecule has 2 heteroatoms. The molecule has 2 aromatic carbocycles. The SMILES string of the molecule is Cc1ccc2c(c1)c1c(n2CCc2ccccc2)C[C@H](C)N(C)[C@@H]1C. The van der Waals surface area contributed by atoms with E-state index < -0.39 is 0 Å². The fourth-order valence-electron chi connectivity index (χ4n) is 4.38. The maximum absolute atomic E-state index is 2.59. The van der Waals surface area contributed by atoms with Gasteiger partial charge < -0.3 is 4.57 Å². The van der Waals surface area contributed by atoms with E-state index in [-0.39, 0.29) is 0 Å². The topological polar surface area (TPSA) is 8.17 Å². The predicted octanol–water partition coefficient (Wildman–Crippen LogP) is 5.13. The first-order valence-corrected chi connectivity index (χ1v) is 9.43. The third-order valence-electron chi connectivity index (χ3n) is 6.05. The predicted molar refractivity (Wildman–Crippen MR) is 106 cm³/mol. The lowest BCUT2D eigenvalue weighted by molar-refractivity contribution is 0.177. The fraction of sp³-hybridized carbons (Fsp3) is 0.391. The molecule has 0 bridgehead atoms. The molecule has 0 unspecified atom stereocenters. The molecule has 0 spiro atoms. The van der Waals surface area contributed by atoms with Crippen molar-refractivity contribution in [1.29, 1.82) is 0 Å². The molecule has 25 heavy (non-hydrogen) atoms. The summed E-state index contributed by atoms with van der Waals surface area (Å²) in [5.41, 5.74) is 7.27. The van der Waals surface area contributed by atoms with Gasteiger partial charge in [-0.05, 0) is 57.5 Å². The summed E-state index contributed by atoms with van der Waals surface area (Å²) >= 11 is 0. The number of benzene rings is 2. The van der Waals surface area contributed by atoms with Crippen molar-refractivity contribution in [1.82, 2.24) is 9.47 Å². The van der Waals surface area contributed by atoms with Crippen LogP contribution in [0.2, 0.25) is 0 Å². The number of aryl methyl sites for hydroxylation is 3. The van der Waals surface area contributed by atoms with Crippen LogP contribution in [0.1, 0.15) is 42.3 Å². The van der Waals surface area contributed by atoms with Crippen LogP contribution in [-0.4, -0.2) is 22.6 Å². The molecule has 0 radical (unpaired) electrons. The molecule has 2 atom stereocenters. The van der Waals surface area contributed by atoms with Crippen LogP contribution in [0, 0.1) is 6.92 Å². The zero-order valence-electron chi connectivity index (χ0n) is 15.8. The van der Waals surface area contributed by atoms with Gasteiger partial charge in [-0.1, -0.05) is 42.0 Å². The molecule has 2 nitrogen and oxygen atoms in total. The van der Waals surface area contributed by atoms with Crippen LogP contribution in [-0.2, 0) is 19.4 Å². The molecule has 2 heterocycles. The molecule has 0 amide bonds. The summed E-state index contributed by atoms with van der Waals surface area (Å²) in [4.78, 5) is 2.52. The van der Waals surface area contributed by atoms with Crippen LogP contribution >= 0.6 is 0 Å². The highest BCUT2D eigenvalue weighted by Crippen LogP contribution is 2.39. The zero-order valence-corrected chi connectivity index (χ0v) is 15.8. The van der Waals surface area contributed by atoms with E-state index in [1.165, 1.54) is 22.0 Å². The minimum Gasteiger partial charge on any atom is -0.344 e. The van der Waals surface area contributed by atoms with Gasteiger partial charge in [-0.15, -0.1) is 0 Å². The molecule has 0 aliphatic carbocycles. The minimum atomic E-state index is 0.473. The molecular formula is C23H28N2. The van der Waals surface area contributed by atoms with Crippen LogP contribution in [0.5, 0.6) is 0 Å². The first kappa shape index (κ1) is 16.4. The summed E-state index contributed by atoms with van der Waals surface area (Å²) < 4.78 is 2.59. The van der Waals surface area contributed by atoms with E-state index in [1.54, 1.807) is 11.3 Å². The van der Waals surface area contributed by atoms with E-state index in [0.29, 0.717) is 12.1 Å². The van der Waals surface area contributed by atoms with Crippen molar-refractivity contribution in [2.45, 2.75) is 52.2 Å². The van der Waals surface area contributed by atoms with Crippen LogP contribution in [0.4, 0.5) is 0 Å². The van der Waals surface area contributed by atoms with E-state index in [1.807, 2.05) is 0 Å². The van der Waals surface area contributed by atoms with Crippen molar-refractivity contribution >= 4 is 10.9 Å². The smallest absolute Gasteiger partial charge is 0.0486 e. The van der Waals surface area contributed by atoms with Crippen molar-refractivity contribution in [3.63, 3.8) is 0 Å². The Labute approximate surface area is 151 Å². The number of hydrogen-bond acceptors (Lipinski definition) is 1. The summed E-state index contributed by atoms with van der Waals surface area (Å²) in [6.45, 7) is 7.97. The van der Waals surface area contributed by atoms with Crippen LogP contribution in [0.25, 0.3) is 10.9 Å². The van der Waals surface area contributed by atoms with E-state index in [4.69, 9.17) is 0 Å². The van der Waals surface area contributed by atoms with E-state index in [9.17, 15) is 0 Å². The van der Waals surface area contributed by atoms with Gasteiger partial charge in [-0.25, -0.2) is 0 Å². The highest BCUT2D eigenvalue weighted by atomic mass is 15.2. The number of likely N-dealkylation sites (N-methyl/N-ethyl adjacent to an activating group) is 1. The van der Waals surface area contributed by atoms with Crippen molar-refractivity contribution < 1.29 is 0 Å². The van der Waals surface area contributed by atoms with Crippen LogP contribution < -0.4 is 0 Å². The standard InChI is InChI=1S/C23H28N2/c1-16-10-11-21-20(14-16)23-18(3)24(4)17(2)15-22(23)25(21)13-12-19-8-6-5-7-9-19/h5-11,14,17-18H,12-13,15H2,1-4H3/t17-,18+/m0/s1. The van der Waals surface area contributed by atoms with Crippen molar-refractivity contribution in [3.8, 4) is 0 Å². The van der Waals surface area contributed by atoms with Crippen molar-refractivity contribution in [3.05, 3.63) is 70.9 Å². The van der Waals surface area contributed by atoms with Gasteiger partial charge in [-0.3, -0.25) is 4.90 Å². The van der Waals surface area contributed by atoms with Crippen molar-refractivity contribution in [2.75, 3.05) is 7.05 Å². The Bertz CT molecular complexity index is 891. The molecule has 0 saturated carbocycles. The average molecular weight is 332 g/mol. The molecule has 4 rings (SSSR count). The van der Waals surface area contributed by atoms with E-state index in [2.05, 4.69) is 85.8 Å². The Morgan fingerprint density at radius 3 is 2.56 bits per heavy atom. The summed E-state index contributed by atoms with van der Waals surface area (Å²) in [6, 6.07) is 18.9. The van der Waals surface area contributed by atoms with Gasteiger partial charge in [0.05, 0.1) is 0 Å². The number of aromatic nitrogens is 1. The Morgan fingerprint density at radius 2 is 1.80 bits per heavy atom. The van der Waals surface area contributed by atoms with Crippen LogP contribution in [0.15, 0.2) is 48.5 Å². The molecule has 0 N–H and O–H groups in total. The number of fused-ring (bicyclic) bond motifs is 3. The molecular weight excluding hydrogens is 304 g/mol. The van der Waals surface area contributed by atoms with Gasteiger partial charge in [0.25, 0.3) is 0 Å². The van der Waals surface area contributed by atoms with Gasteiger partial charge in [0.2, 0.25) is 0 Å².